The van der Waals surface area contributed by atoms with Crippen molar-refractivity contribution in [2.24, 2.45) is 0 Å². The number of carbonyl (C=O) groups is 1. The Morgan fingerprint density at radius 1 is 1.50 bits per heavy atom. The first-order chi connectivity index (χ1) is 9.63. The van der Waals surface area contributed by atoms with E-state index in [0.717, 1.165) is 23.8 Å². The van der Waals surface area contributed by atoms with E-state index in [1.807, 2.05) is 12.1 Å². The topological polar surface area (TPSA) is 62.5 Å². The minimum atomic E-state index is -1.06. The van der Waals surface area contributed by atoms with E-state index in [1.165, 1.54) is 6.07 Å². The number of fused-ring (bicyclic) bond motifs is 1. The van der Waals surface area contributed by atoms with Gasteiger partial charge in [0.1, 0.15) is 5.58 Å². The van der Waals surface area contributed by atoms with Crippen LogP contribution in [-0.4, -0.2) is 17.1 Å². The van der Waals surface area contributed by atoms with E-state index in [4.69, 9.17) is 15.9 Å². The van der Waals surface area contributed by atoms with Crippen molar-refractivity contribution in [3.05, 3.63) is 35.6 Å². The molecule has 1 heterocycles. The van der Waals surface area contributed by atoms with Crippen molar-refractivity contribution >= 4 is 16.9 Å². The second-order valence-corrected chi connectivity index (χ2v) is 4.68. The number of carboxylic acids is 1. The normalized spacial score (nSPS) is 12.2. The summed E-state index contributed by atoms with van der Waals surface area (Å²) < 4.78 is 5.22. The fourth-order valence-electron chi connectivity index (χ4n) is 2.08. The van der Waals surface area contributed by atoms with Crippen molar-refractivity contribution in [2.75, 3.05) is 0 Å². The fraction of sp³-hybridized carbons (Fsp3) is 0.312. The van der Waals surface area contributed by atoms with Crippen LogP contribution in [0.3, 0.4) is 0 Å². The number of terminal acetylenes is 1. The minimum Gasteiger partial charge on any atom is -0.475 e. The average Bonchev–Trinajstić information content (AvgIpc) is 2.86. The van der Waals surface area contributed by atoms with Crippen molar-refractivity contribution in [3.8, 4) is 12.3 Å². The lowest BCUT2D eigenvalue weighted by Crippen LogP contribution is -2.26. The van der Waals surface area contributed by atoms with Gasteiger partial charge in [0, 0.05) is 11.9 Å². The number of benzene rings is 1. The Morgan fingerprint density at radius 3 is 2.95 bits per heavy atom. The number of aromatic carboxylic acids is 1. The van der Waals surface area contributed by atoms with Crippen LogP contribution in [-0.2, 0) is 6.54 Å². The molecule has 0 saturated heterocycles. The molecule has 4 nitrogen and oxygen atoms in total. The lowest BCUT2D eigenvalue weighted by Gasteiger charge is -2.11. The molecule has 0 bridgehead atoms. The van der Waals surface area contributed by atoms with Crippen molar-refractivity contribution in [1.82, 2.24) is 5.32 Å². The zero-order valence-electron chi connectivity index (χ0n) is 11.3. The molecule has 0 aliphatic carbocycles. The highest BCUT2D eigenvalue weighted by Gasteiger charge is 2.11. The molecule has 2 N–H and O–H groups in total. The molecule has 0 fully saturated rings. The van der Waals surface area contributed by atoms with E-state index in [9.17, 15) is 4.79 Å². The van der Waals surface area contributed by atoms with Gasteiger partial charge in [-0.2, -0.15) is 0 Å². The predicted molar refractivity (Wildman–Crippen MR) is 77.5 cm³/mol. The van der Waals surface area contributed by atoms with E-state index in [-0.39, 0.29) is 11.8 Å². The molecule has 20 heavy (non-hydrogen) atoms. The van der Waals surface area contributed by atoms with Gasteiger partial charge in [0.2, 0.25) is 5.76 Å². The van der Waals surface area contributed by atoms with Gasteiger partial charge in [0.15, 0.2) is 0 Å². The number of rotatable bonds is 6. The quantitative estimate of drug-likeness (QED) is 0.793. The van der Waals surface area contributed by atoms with Gasteiger partial charge in [-0.25, -0.2) is 4.79 Å². The minimum absolute atomic E-state index is 0.0439. The van der Waals surface area contributed by atoms with Gasteiger partial charge in [0.05, 0.1) is 6.04 Å². The molecule has 0 saturated carbocycles. The van der Waals surface area contributed by atoms with E-state index >= 15 is 0 Å². The maximum absolute atomic E-state index is 10.9. The van der Waals surface area contributed by atoms with Crippen LogP contribution in [0.4, 0.5) is 0 Å². The predicted octanol–water partition coefficient (Wildman–Crippen LogP) is 3.02. The largest absolute Gasteiger partial charge is 0.475 e. The molecule has 0 aliphatic heterocycles. The second-order valence-electron chi connectivity index (χ2n) is 4.68. The first kappa shape index (κ1) is 14.2. The molecule has 1 aromatic carbocycles. The number of hydrogen-bond acceptors (Lipinski definition) is 3. The highest BCUT2D eigenvalue weighted by Crippen LogP contribution is 2.21. The Labute approximate surface area is 117 Å². The Kier molecular flexibility index (Phi) is 4.44. The number of carboxylic acid groups (broad SMARTS) is 1. The molecule has 1 atom stereocenters. The molecule has 0 spiro atoms. The van der Waals surface area contributed by atoms with E-state index in [0.29, 0.717) is 12.1 Å². The SMILES string of the molecule is C#CC(CCC)NCc1ccc2oc(C(=O)O)cc2c1. The smallest absolute Gasteiger partial charge is 0.371 e. The summed E-state index contributed by atoms with van der Waals surface area (Å²) in [6, 6.07) is 7.20. The van der Waals surface area contributed by atoms with Gasteiger partial charge in [-0.1, -0.05) is 25.3 Å². The van der Waals surface area contributed by atoms with Gasteiger partial charge in [-0.3, -0.25) is 5.32 Å². The van der Waals surface area contributed by atoms with Crippen LogP contribution in [0.1, 0.15) is 35.9 Å². The van der Waals surface area contributed by atoms with Gasteiger partial charge in [-0.05, 0) is 30.2 Å². The third kappa shape index (κ3) is 3.19. The van der Waals surface area contributed by atoms with Crippen LogP contribution in [0.5, 0.6) is 0 Å². The van der Waals surface area contributed by atoms with E-state index in [2.05, 4.69) is 18.2 Å². The zero-order valence-corrected chi connectivity index (χ0v) is 11.3. The van der Waals surface area contributed by atoms with Crippen molar-refractivity contribution < 1.29 is 14.3 Å². The third-order valence-electron chi connectivity index (χ3n) is 3.12. The van der Waals surface area contributed by atoms with Gasteiger partial charge >= 0.3 is 5.97 Å². The van der Waals surface area contributed by atoms with Crippen molar-refractivity contribution in [3.63, 3.8) is 0 Å². The summed E-state index contributed by atoms with van der Waals surface area (Å²) in [5.74, 6) is 1.62. The second kappa shape index (κ2) is 6.27. The monoisotopic (exact) mass is 271 g/mol. The van der Waals surface area contributed by atoms with Crippen LogP contribution in [0.25, 0.3) is 11.0 Å². The van der Waals surface area contributed by atoms with Crippen LogP contribution in [0, 0.1) is 12.3 Å². The van der Waals surface area contributed by atoms with Gasteiger partial charge < -0.3 is 9.52 Å². The van der Waals surface area contributed by atoms with Crippen LogP contribution >= 0.6 is 0 Å². The molecule has 2 aromatic rings. The number of nitrogens with one attached hydrogen (secondary N) is 1. The molecular weight excluding hydrogens is 254 g/mol. The summed E-state index contributed by atoms with van der Waals surface area (Å²) in [5, 5.41) is 13.0. The summed E-state index contributed by atoms with van der Waals surface area (Å²) in [7, 11) is 0. The Bertz CT molecular complexity index is 651. The number of furan rings is 1. The highest BCUT2D eigenvalue weighted by molar-refractivity contribution is 5.91. The molecule has 0 radical (unpaired) electrons. The summed E-state index contributed by atoms with van der Waals surface area (Å²) >= 11 is 0. The molecule has 0 amide bonds. The highest BCUT2D eigenvalue weighted by atomic mass is 16.4. The lowest BCUT2D eigenvalue weighted by atomic mass is 10.1. The Hall–Kier alpha value is -2.25. The first-order valence-electron chi connectivity index (χ1n) is 6.59. The molecule has 0 aliphatic rings. The molecule has 4 heteroatoms. The van der Waals surface area contributed by atoms with Crippen LogP contribution in [0.2, 0.25) is 0 Å². The molecular formula is C16H17NO3. The Balaban J connectivity index is 2.11. The van der Waals surface area contributed by atoms with E-state index < -0.39 is 5.97 Å². The molecule has 2 rings (SSSR count). The number of hydrogen-bond donors (Lipinski definition) is 2. The Morgan fingerprint density at radius 2 is 2.30 bits per heavy atom. The standard InChI is InChI=1S/C16H17NO3/c1-3-5-13(4-2)17-10-11-6-7-14-12(8-11)9-15(20-14)16(18)19/h2,6-9,13,17H,3,5,10H2,1H3,(H,18,19). The lowest BCUT2D eigenvalue weighted by molar-refractivity contribution is 0.0665. The summed E-state index contributed by atoms with van der Waals surface area (Å²) in [4.78, 5) is 10.9. The summed E-state index contributed by atoms with van der Waals surface area (Å²) in [6.07, 6.45) is 7.43. The fourth-order valence-corrected chi connectivity index (χ4v) is 2.08. The maximum atomic E-state index is 10.9. The van der Waals surface area contributed by atoms with E-state index in [1.54, 1.807) is 6.07 Å². The van der Waals surface area contributed by atoms with Gasteiger partial charge in [0.25, 0.3) is 0 Å². The first-order valence-corrected chi connectivity index (χ1v) is 6.59. The van der Waals surface area contributed by atoms with Crippen LogP contribution in [0.15, 0.2) is 28.7 Å². The summed E-state index contributed by atoms with van der Waals surface area (Å²) in [5.41, 5.74) is 1.62. The third-order valence-corrected chi connectivity index (χ3v) is 3.12. The van der Waals surface area contributed by atoms with Crippen LogP contribution < -0.4 is 5.32 Å². The molecule has 1 unspecified atom stereocenters. The zero-order chi connectivity index (χ0) is 14.5. The summed E-state index contributed by atoms with van der Waals surface area (Å²) in [6.45, 7) is 2.75. The molecule has 1 aromatic heterocycles. The van der Waals surface area contributed by atoms with Crippen molar-refractivity contribution in [1.29, 1.82) is 0 Å². The van der Waals surface area contributed by atoms with Gasteiger partial charge in [-0.15, -0.1) is 6.42 Å². The average molecular weight is 271 g/mol. The van der Waals surface area contributed by atoms with Crippen molar-refractivity contribution in [2.45, 2.75) is 32.4 Å². The maximum Gasteiger partial charge on any atom is 0.371 e. The molecule has 104 valence electrons.